The Bertz CT molecular complexity index is 592. The molecule has 2 rings (SSSR count). The van der Waals surface area contributed by atoms with Crippen LogP contribution in [0.1, 0.15) is 11.3 Å². The predicted molar refractivity (Wildman–Crippen MR) is 60.8 cm³/mol. The Hall–Kier alpha value is -1.73. The summed E-state index contributed by atoms with van der Waals surface area (Å²) in [6.07, 6.45) is 1.50. The van der Waals surface area contributed by atoms with E-state index < -0.39 is 15.9 Å². The minimum atomic E-state index is -4.05. The van der Waals surface area contributed by atoms with Gasteiger partial charge in [0.25, 0.3) is 10.1 Å². The Morgan fingerprint density at radius 3 is 2.59 bits per heavy atom. The van der Waals surface area contributed by atoms with Crippen molar-refractivity contribution < 1.29 is 13.0 Å². The lowest BCUT2D eigenvalue weighted by molar-refractivity contribution is 0.481. The van der Waals surface area contributed by atoms with Crippen LogP contribution in [0.4, 0.5) is 0 Å². The summed E-state index contributed by atoms with van der Waals surface area (Å²) in [5, 5.41) is 7.46. The molecule has 0 atom stereocenters. The molecule has 2 aromatic rings. The van der Waals surface area contributed by atoms with Crippen molar-refractivity contribution in [3.63, 3.8) is 0 Å². The van der Waals surface area contributed by atoms with Crippen molar-refractivity contribution in [1.82, 2.24) is 15.0 Å². The first-order valence-corrected chi connectivity index (χ1v) is 6.52. The van der Waals surface area contributed by atoms with Crippen LogP contribution in [0, 0.1) is 0 Å². The number of nitrogens with zero attached hydrogens (tertiary/aromatic N) is 3. The van der Waals surface area contributed by atoms with Crippen molar-refractivity contribution in [3.05, 3.63) is 47.8 Å². The number of aromatic nitrogens is 3. The molecule has 0 bridgehead atoms. The normalized spacial score (nSPS) is 11.6. The van der Waals surface area contributed by atoms with Crippen LogP contribution in [0.3, 0.4) is 0 Å². The van der Waals surface area contributed by atoms with Gasteiger partial charge in [0.05, 0.1) is 6.54 Å². The van der Waals surface area contributed by atoms with Gasteiger partial charge >= 0.3 is 0 Å². The summed E-state index contributed by atoms with van der Waals surface area (Å²) in [6, 6.07) is 9.60. The lowest BCUT2D eigenvalue weighted by Gasteiger charge is -1.99. The molecule has 0 saturated carbocycles. The van der Waals surface area contributed by atoms with Crippen molar-refractivity contribution >= 4 is 10.1 Å². The predicted octanol–water partition coefficient (Wildman–Crippen LogP) is 0.714. The smallest absolute Gasteiger partial charge is 0.270 e. The van der Waals surface area contributed by atoms with Gasteiger partial charge in [-0.2, -0.15) is 8.42 Å². The van der Waals surface area contributed by atoms with Crippen LogP contribution in [-0.2, 0) is 22.4 Å². The van der Waals surface area contributed by atoms with Gasteiger partial charge in [0.15, 0.2) is 0 Å². The minimum Gasteiger partial charge on any atom is -0.285 e. The molecule has 0 radical (unpaired) electrons. The second-order valence-corrected chi connectivity index (χ2v) is 5.07. The Morgan fingerprint density at radius 1 is 1.24 bits per heavy atom. The third-order valence-electron chi connectivity index (χ3n) is 2.10. The van der Waals surface area contributed by atoms with Gasteiger partial charge in [-0.25, -0.2) is 4.68 Å². The van der Waals surface area contributed by atoms with Crippen LogP contribution in [0.5, 0.6) is 0 Å². The van der Waals surface area contributed by atoms with E-state index in [1.807, 2.05) is 30.3 Å². The molecule has 90 valence electrons. The zero-order valence-electron chi connectivity index (χ0n) is 8.89. The van der Waals surface area contributed by atoms with Crippen molar-refractivity contribution in [2.45, 2.75) is 12.3 Å². The molecular weight excluding hydrogens is 242 g/mol. The molecule has 0 spiro atoms. The monoisotopic (exact) mass is 253 g/mol. The van der Waals surface area contributed by atoms with E-state index in [4.69, 9.17) is 4.55 Å². The van der Waals surface area contributed by atoms with Crippen molar-refractivity contribution in [3.8, 4) is 0 Å². The van der Waals surface area contributed by atoms with Gasteiger partial charge in [-0.3, -0.25) is 4.55 Å². The molecule has 0 aliphatic heterocycles. The quantitative estimate of drug-likeness (QED) is 0.811. The molecule has 7 heteroatoms. The Balaban J connectivity index is 2.09. The second kappa shape index (κ2) is 4.64. The van der Waals surface area contributed by atoms with Crippen molar-refractivity contribution in [2.24, 2.45) is 0 Å². The fourth-order valence-corrected chi connectivity index (χ4v) is 1.95. The fourth-order valence-electron chi connectivity index (χ4n) is 1.44. The maximum absolute atomic E-state index is 10.6. The van der Waals surface area contributed by atoms with Crippen LogP contribution in [0.2, 0.25) is 0 Å². The first kappa shape index (κ1) is 11.7. The Morgan fingerprint density at radius 2 is 1.94 bits per heavy atom. The average molecular weight is 253 g/mol. The molecule has 1 aromatic carbocycles. The molecule has 0 saturated heterocycles. The number of hydrogen-bond acceptors (Lipinski definition) is 4. The van der Waals surface area contributed by atoms with E-state index in [1.165, 1.54) is 10.9 Å². The van der Waals surface area contributed by atoms with E-state index in [2.05, 4.69) is 10.3 Å². The van der Waals surface area contributed by atoms with Gasteiger partial charge in [-0.15, -0.1) is 5.10 Å². The van der Waals surface area contributed by atoms with Gasteiger partial charge in [0.1, 0.15) is 11.4 Å². The van der Waals surface area contributed by atoms with Crippen LogP contribution in [0.25, 0.3) is 0 Å². The van der Waals surface area contributed by atoms with Crippen LogP contribution in [0.15, 0.2) is 36.5 Å². The fraction of sp³-hybridized carbons (Fsp3) is 0.200. The summed E-state index contributed by atoms with van der Waals surface area (Å²) < 4.78 is 31.5. The summed E-state index contributed by atoms with van der Waals surface area (Å²) in [7, 11) is -4.05. The molecule has 1 N–H and O–H groups in total. The average Bonchev–Trinajstić information content (AvgIpc) is 2.64. The highest BCUT2D eigenvalue weighted by Gasteiger charge is 2.10. The summed E-state index contributed by atoms with van der Waals surface area (Å²) in [4.78, 5) is 0. The van der Waals surface area contributed by atoms with Gasteiger partial charge in [-0.1, -0.05) is 35.5 Å². The molecule has 0 aliphatic rings. The van der Waals surface area contributed by atoms with Gasteiger partial charge < -0.3 is 0 Å². The zero-order valence-corrected chi connectivity index (χ0v) is 9.71. The molecule has 17 heavy (non-hydrogen) atoms. The van der Waals surface area contributed by atoms with Crippen LogP contribution in [-0.4, -0.2) is 28.0 Å². The first-order chi connectivity index (χ1) is 8.03. The largest absolute Gasteiger partial charge is 0.285 e. The molecule has 1 aromatic heterocycles. The third-order valence-corrected chi connectivity index (χ3v) is 2.76. The summed E-state index contributed by atoms with van der Waals surface area (Å²) in [5.74, 6) is -0.512. The van der Waals surface area contributed by atoms with Gasteiger partial charge in [-0.05, 0) is 5.56 Å². The molecule has 0 amide bonds. The van der Waals surface area contributed by atoms with Crippen molar-refractivity contribution in [2.75, 3.05) is 0 Å². The zero-order chi connectivity index (χ0) is 12.3. The standard InChI is InChI=1S/C10H11N3O3S/c14-17(15,16)8-10-7-13(12-11-10)6-9-4-2-1-3-5-9/h1-5,7H,6,8H2,(H,14,15,16). The molecule has 6 nitrogen and oxygen atoms in total. The molecule has 1 heterocycles. The molecule has 0 aliphatic carbocycles. The lowest BCUT2D eigenvalue weighted by atomic mass is 10.2. The number of hydrogen-bond donors (Lipinski definition) is 1. The lowest BCUT2D eigenvalue weighted by Crippen LogP contribution is -2.02. The van der Waals surface area contributed by atoms with Crippen molar-refractivity contribution in [1.29, 1.82) is 0 Å². The molecule has 0 unspecified atom stereocenters. The topological polar surface area (TPSA) is 85.1 Å². The first-order valence-electron chi connectivity index (χ1n) is 4.91. The summed E-state index contributed by atoms with van der Waals surface area (Å²) in [6.45, 7) is 0.513. The van der Waals surface area contributed by atoms with E-state index in [0.29, 0.717) is 6.54 Å². The highest BCUT2D eigenvalue weighted by Crippen LogP contribution is 2.04. The van der Waals surface area contributed by atoms with E-state index in [0.717, 1.165) is 5.56 Å². The maximum Gasteiger partial charge on any atom is 0.270 e. The minimum absolute atomic E-state index is 0.225. The van der Waals surface area contributed by atoms with E-state index >= 15 is 0 Å². The van der Waals surface area contributed by atoms with E-state index in [9.17, 15) is 8.42 Å². The summed E-state index contributed by atoms with van der Waals surface area (Å²) in [5.41, 5.74) is 1.26. The van der Waals surface area contributed by atoms with E-state index in [-0.39, 0.29) is 5.69 Å². The van der Waals surface area contributed by atoms with E-state index in [1.54, 1.807) is 0 Å². The Labute approximate surface area is 98.6 Å². The van der Waals surface area contributed by atoms with Gasteiger partial charge in [0.2, 0.25) is 0 Å². The third kappa shape index (κ3) is 3.65. The van der Waals surface area contributed by atoms with Gasteiger partial charge in [0, 0.05) is 6.20 Å². The number of rotatable bonds is 4. The summed E-state index contributed by atoms with van der Waals surface area (Å²) >= 11 is 0. The van der Waals surface area contributed by atoms with Crippen LogP contribution < -0.4 is 0 Å². The molecule has 0 fully saturated rings. The van der Waals surface area contributed by atoms with Crippen LogP contribution >= 0.6 is 0 Å². The maximum atomic E-state index is 10.6. The highest BCUT2D eigenvalue weighted by molar-refractivity contribution is 7.84. The second-order valence-electron chi connectivity index (χ2n) is 3.62. The molecular formula is C10H11N3O3S. The highest BCUT2D eigenvalue weighted by atomic mass is 32.2. The number of benzene rings is 1. The Kier molecular flexibility index (Phi) is 3.21. The SMILES string of the molecule is O=S(=O)(O)Cc1cn(Cc2ccccc2)nn1.